The van der Waals surface area contributed by atoms with Crippen LogP contribution in [0.1, 0.15) is 11.6 Å². The molecule has 0 spiro atoms. The number of rotatable bonds is 1. The van der Waals surface area contributed by atoms with E-state index >= 15 is 0 Å². The third-order valence-electron chi connectivity index (χ3n) is 2.59. The molecule has 0 unspecified atom stereocenters. The first-order valence-electron chi connectivity index (χ1n) is 4.99. The van der Waals surface area contributed by atoms with Crippen molar-refractivity contribution in [3.8, 4) is 6.07 Å². The van der Waals surface area contributed by atoms with Gasteiger partial charge in [-0.15, -0.1) is 0 Å². The third kappa shape index (κ3) is 2.27. The van der Waals surface area contributed by atoms with Gasteiger partial charge in [0.1, 0.15) is 5.92 Å². The number of nitriles is 1. The van der Waals surface area contributed by atoms with Crippen LogP contribution in [-0.4, -0.2) is 11.0 Å². The molecule has 0 bridgehead atoms. The number of carbonyl (C=O) groups is 1. The number of amides is 1. The molecule has 1 amide bonds. The molecule has 1 heterocycles. The Morgan fingerprint density at radius 3 is 2.50 bits per heavy atom. The normalized spacial score (nSPS) is 22.9. The van der Waals surface area contributed by atoms with Crippen molar-refractivity contribution >= 4 is 46.4 Å². The predicted molar refractivity (Wildman–Crippen MR) is 72.2 cm³/mol. The Hall–Kier alpha value is -1.35. The molecule has 1 aliphatic rings. The Labute approximate surface area is 119 Å². The Morgan fingerprint density at radius 2 is 1.94 bits per heavy atom. The van der Waals surface area contributed by atoms with Gasteiger partial charge in [-0.3, -0.25) is 4.79 Å². The average Bonchev–Trinajstić information content (AvgIpc) is 2.28. The quantitative estimate of drug-likeness (QED) is 0.780. The lowest BCUT2D eigenvalue weighted by Crippen LogP contribution is -2.53. The van der Waals surface area contributed by atoms with Crippen LogP contribution in [0.3, 0.4) is 0 Å². The highest BCUT2D eigenvalue weighted by molar-refractivity contribution is 7.80. The fourth-order valence-corrected chi connectivity index (χ4v) is 2.64. The van der Waals surface area contributed by atoms with Crippen molar-refractivity contribution in [2.75, 3.05) is 0 Å². The lowest BCUT2D eigenvalue weighted by atomic mass is 9.92. The highest BCUT2D eigenvalue weighted by atomic mass is 35.5. The van der Waals surface area contributed by atoms with E-state index in [-0.39, 0.29) is 5.11 Å². The number of hydrogen-bond donors (Lipinski definition) is 2. The number of carbonyl (C=O) groups excluding carboxylic acids is 1. The molecule has 2 rings (SSSR count). The van der Waals surface area contributed by atoms with Gasteiger partial charge in [0.25, 0.3) is 0 Å². The second kappa shape index (κ2) is 5.11. The molecule has 1 aliphatic heterocycles. The van der Waals surface area contributed by atoms with Gasteiger partial charge in [-0.25, -0.2) is 0 Å². The van der Waals surface area contributed by atoms with E-state index in [9.17, 15) is 4.79 Å². The highest BCUT2D eigenvalue weighted by Crippen LogP contribution is 2.35. The number of benzene rings is 1. The number of thiocarbonyl (C=S) groups is 1. The SMILES string of the molecule is N#C[C@H]1C(=O)NC(=S)N[C@@H]1c1c(Cl)cccc1Cl. The highest BCUT2D eigenvalue weighted by Gasteiger charge is 2.37. The van der Waals surface area contributed by atoms with Crippen molar-refractivity contribution in [2.24, 2.45) is 5.92 Å². The number of nitrogens with zero attached hydrogens (tertiary/aromatic N) is 1. The summed E-state index contributed by atoms with van der Waals surface area (Å²) in [4.78, 5) is 11.7. The van der Waals surface area contributed by atoms with E-state index < -0.39 is 17.9 Å². The van der Waals surface area contributed by atoms with Gasteiger partial charge in [-0.05, 0) is 24.4 Å². The molecule has 1 saturated heterocycles. The van der Waals surface area contributed by atoms with Gasteiger partial charge in [0, 0.05) is 15.6 Å². The first kappa shape index (κ1) is 13.1. The van der Waals surface area contributed by atoms with E-state index in [1.165, 1.54) is 0 Å². The second-order valence-electron chi connectivity index (χ2n) is 3.68. The van der Waals surface area contributed by atoms with Crippen molar-refractivity contribution in [2.45, 2.75) is 6.04 Å². The van der Waals surface area contributed by atoms with Crippen LogP contribution >= 0.6 is 35.4 Å². The van der Waals surface area contributed by atoms with Crippen LogP contribution in [0.15, 0.2) is 18.2 Å². The van der Waals surface area contributed by atoms with Gasteiger partial charge < -0.3 is 10.6 Å². The molecule has 1 aromatic carbocycles. The predicted octanol–water partition coefficient (Wildman–Crippen LogP) is 2.18. The molecule has 7 heteroatoms. The van der Waals surface area contributed by atoms with Crippen molar-refractivity contribution in [1.82, 2.24) is 10.6 Å². The fraction of sp³-hybridized carbons (Fsp3) is 0.182. The average molecular weight is 300 g/mol. The fourth-order valence-electron chi connectivity index (χ4n) is 1.78. The van der Waals surface area contributed by atoms with Gasteiger partial charge in [-0.2, -0.15) is 5.26 Å². The van der Waals surface area contributed by atoms with Crippen LogP contribution < -0.4 is 10.6 Å². The minimum atomic E-state index is -0.936. The summed E-state index contributed by atoms with van der Waals surface area (Å²) in [5.74, 6) is -1.39. The molecule has 0 aliphatic carbocycles. The van der Waals surface area contributed by atoms with Crippen molar-refractivity contribution in [3.05, 3.63) is 33.8 Å². The molecule has 2 atom stereocenters. The number of hydrogen-bond acceptors (Lipinski definition) is 3. The summed E-state index contributed by atoms with van der Waals surface area (Å²) in [5.41, 5.74) is 0.504. The zero-order valence-corrected chi connectivity index (χ0v) is 11.2. The summed E-state index contributed by atoms with van der Waals surface area (Å²) in [5, 5.41) is 15.3. The summed E-state index contributed by atoms with van der Waals surface area (Å²) >= 11 is 17.1. The minimum Gasteiger partial charge on any atom is -0.354 e. The van der Waals surface area contributed by atoms with Crippen LogP contribution in [0, 0.1) is 17.2 Å². The Kier molecular flexibility index (Phi) is 3.71. The Balaban J connectivity index is 2.50. The first-order valence-corrected chi connectivity index (χ1v) is 6.16. The number of halogens is 2. The van der Waals surface area contributed by atoms with Crippen LogP contribution in [-0.2, 0) is 4.79 Å². The Morgan fingerprint density at radius 1 is 1.33 bits per heavy atom. The van der Waals surface area contributed by atoms with E-state index in [2.05, 4.69) is 10.6 Å². The molecule has 92 valence electrons. The summed E-state index contributed by atoms with van der Waals surface area (Å²) in [6, 6.07) is 6.27. The smallest absolute Gasteiger partial charge is 0.245 e. The molecular weight excluding hydrogens is 293 g/mol. The van der Waals surface area contributed by atoms with Gasteiger partial charge in [0.2, 0.25) is 5.91 Å². The summed E-state index contributed by atoms with van der Waals surface area (Å²) in [6.45, 7) is 0. The topological polar surface area (TPSA) is 64.9 Å². The van der Waals surface area contributed by atoms with E-state index in [0.29, 0.717) is 15.6 Å². The summed E-state index contributed by atoms with van der Waals surface area (Å²) in [7, 11) is 0. The summed E-state index contributed by atoms with van der Waals surface area (Å²) < 4.78 is 0. The minimum absolute atomic E-state index is 0.160. The van der Waals surface area contributed by atoms with Crippen molar-refractivity contribution < 1.29 is 4.79 Å². The van der Waals surface area contributed by atoms with Crippen molar-refractivity contribution in [3.63, 3.8) is 0 Å². The number of nitrogens with one attached hydrogen (secondary N) is 2. The monoisotopic (exact) mass is 299 g/mol. The van der Waals surface area contributed by atoms with E-state index in [0.717, 1.165) is 0 Å². The molecule has 18 heavy (non-hydrogen) atoms. The lowest BCUT2D eigenvalue weighted by Gasteiger charge is -2.30. The van der Waals surface area contributed by atoms with E-state index in [1.54, 1.807) is 18.2 Å². The molecule has 0 radical (unpaired) electrons. The van der Waals surface area contributed by atoms with Crippen molar-refractivity contribution in [1.29, 1.82) is 5.26 Å². The lowest BCUT2D eigenvalue weighted by molar-refractivity contribution is -0.123. The summed E-state index contributed by atoms with van der Waals surface area (Å²) in [6.07, 6.45) is 0. The van der Waals surface area contributed by atoms with Crippen LogP contribution in [0.5, 0.6) is 0 Å². The standard InChI is InChI=1S/C11H7Cl2N3OS/c12-6-2-1-3-7(13)8(6)9-5(4-14)10(17)16-11(18)15-9/h1-3,5,9H,(H2,15,16,17,18)/t5-,9+/m1/s1. The van der Waals surface area contributed by atoms with Crippen LogP contribution in [0.4, 0.5) is 0 Å². The molecule has 1 fully saturated rings. The van der Waals surface area contributed by atoms with E-state index in [4.69, 9.17) is 40.7 Å². The van der Waals surface area contributed by atoms with Gasteiger partial charge in [-0.1, -0.05) is 29.3 Å². The second-order valence-corrected chi connectivity index (χ2v) is 4.91. The van der Waals surface area contributed by atoms with E-state index in [1.807, 2.05) is 6.07 Å². The van der Waals surface area contributed by atoms with Crippen LogP contribution in [0.25, 0.3) is 0 Å². The maximum Gasteiger partial charge on any atom is 0.245 e. The molecule has 0 saturated carbocycles. The molecule has 1 aromatic rings. The maximum atomic E-state index is 11.7. The molecule has 2 N–H and O–H groups in total. The zero-order chi connectivity index (χ0) is 13.3. The maximum absolute atomic E-state index is 11.7. The molecule has 0 aromatic heterocycles. The molecule has 4 nitrogen and oxygen atoms in total. The zero-order valence-electron chi connectivity index (χ0n) is 8.91. The van der Waals surface area contributed by atoms with Gasteiger partial charge >= 0.3 is 0 Å². The third-order valence-corrected chi connectivity index (χ3v) is 3.47. The Bertz CT molecular complexity index is 550. The first-order chi connectivity index (χ1) is 8.54. The van der Waals surface area contributed by atoms with Gasteiger partial charge in [0.05, 0.1) is 12.1 Å². The largest absolute Gasteiger partial charge is 0.354 e. The van der Waals surface area contributed by atoms with Crippen LogP contribution in [0.2, 0.25) is 10.0 Å². The molecular formula is C11H7Cl2N3OS. The van der Waals surface area contributed by atoms with Gasteiger partial charge in [0.15, 0.2) is 5.11 Å².